The van der Waals surface area contributed by atoms with Crippen LogP contribution in [0, 0.1) is 0 Å². The summed E-state index contributed by atoms with van der Waals surface area (Å²) in [5.41, 5.74) is 1.02. The average Bonchev–Trinajstić information content (AvgIpc) is 3.44. The highest BCUT2D eigenvalue weighted by Crippen LogP contribution is 2.29. The molecule has 32 heavy (non-hydrogen) atoms. The Balaban J connectivity index is 1.26. The minimum absolute atomic E-state index is 0.0571. The van der Waals surface area contributed by atoms with Gasteiger partial charge in [0.2, 0.25) is 5.91 Å². The van der Waals surface area contributed by atoms with Crippen LogP contribution in [-0.4, -0.2) is 52.7 Å². The fourth-order valence-electron chi connectivity index (χ4n) is 3.70. The van der Waals surface area contributed by atoms with Crippen molar-refractivity contribution in [3.63, 3.8) is 0 Å². The minimum Gasteiger partial charge on any atom is -0.352 e. The lowest BCUT2D eigenvalue weighted by Crippen LogP contribution is -2.33. The zero-order valence-corrected chi connectivity index (χ0v) is 19.3. The van der Waals surface area contributed by atoms with Crippen LogP contribution in [0.4, 0.5) is 5.69 Å². The molecule has 2 N–H and O–H groups in total. The normalized spacial score (nSPS) is 18.4. The molecule has 0 aliphatic carbocycles. The lowest BCUT2D eigenvalue weighted by Gasteiger charge is -2.27. The number of hydrogen-bond donors (Lipinski definition) is 2. The monoisotopic (exact) mass is 470 g/mol. The molecule has 1 aromatic carbocycles. The standard InChI is InChI=1S/C23H26N4O3S2/c28-20(15-19-22(30)26-23(32-19)27-11-2-1-3-12-27)25-17-7-4-6-16(14-17)21(29)24-10-9-18-8-5-13-31-18/h4-8,13-14,19H,1-3,9-12,15H2,(H,24,29)(H,25,28). The second-order valence-corrected chi connectivity index (χ2v) is 10.0. The van der Waals surface area contributed by atoms with Crippen molar-refractivity contribution in [3.05, 3.63) is 52.2 Å². The quantitative estimate of drug-likeness (QED) is 0.646. The summed E-state index contributed by atoms with van der Waals surface area (Å²) in [7, 11) is 0. The van der Waals surface area contributed by atoms with E-state index in [0.29, 0.717) is 17.8 Å². The van der Waals surface area contributed by atoms with Crippen LogP contribution in [0.25, 0.3) is 0 Å². The Hall–Kier alpha value is -2.65. The summed E-state index contributed by atoms with van der Waals surface area (Å²) in [5.74, 6) is -0.690. The minimum atomic E-state index is -0.490. The molecule has 1 saturated heterocycles. The van der Waals surface area contributed by atoms with E-state index < -0.39 is 5.25 Å². The molecular weight excluding hydrogens is 444 g/mol. The van der Waals surface area contributed by atoms with Gasteiger partial charge in [-0.15, -0.1) is 11.3 Å². The molecule has 3 heterocycles. The molecule has 0 bridgehead atoms. The molecule has 1 unspecified atom stereocenters. The number of thiophene rings is 1. The van der Waals surface area contributed by atoms with Gasteiger partial charge in [0.15, 0.2) is 5.17 Å². The third-order valence-corrected chi connectivity index (χ3v) is 7.52. The topological polar surface area (TPSA) is 90.9 Å². The number of piperidine rings is 1. The van der Waals surface area contributed by atoms with Gasteiger partial charge in [0.1, 0.15) is 5.25 Å². The maximum absolute atomic E-state index is 12.5. The Morgan fingerprint density at radius 2 is 1.97 bits per heavy atom. The van der Waals surface area contributed by atoms with Crippen molar-refractivity contribution < 1.29 is 14.4 Å². The van der Waals surface area contributed by atoms with E-state index in [4.69, 9.17) is 0 Å². The molecule has 2 aliphatic rings. The SMILES string of the molecule is O=C(CC1SC(N2CCCCC2)=NC1=O)Nc1cccc(C(=O)NCCc2cccs2)c1. The number of amidine groups is 1. The summed E-state index contributed by atoms with van der Waals surface area (Å²) < 4.78 is 0. The van der Waals surface area contributed by atoms with Gasteiger partial charge < -0.3 is 15.5 Å². The molecule has 0 saturated carbocycles. The Morgan fingerprint density at radius 3 is 2.75 bits per heavy atom. The van der Waals surface area contributed by atoms with Crippen LogP contribution in [0.3, 0.4) is 0 Å². The van der Waals surface area contributed by atoms with Crippen LogP contribution in [0.5, 0.6) is 0 Å². The summed E-state index contributed by atoms with van der Waals surface area (Å²) in [6.45, 7) is 2.39. The molecule has 1 fully saturated rings. The van der Waals surface area contributed by atoms with Crippen molar-refractivity contribution >= 4 is 51.7 Å². The van der Waals surface area contributed by atoms with Gasteiger partial charge >= 0.3 is 0 Å². The summed E-state index contributed by atoms with van der Waals surface area (Å²) in [5, 5.41) is 7.99. The molecule has 1 atom stereocenters. The maximum Gasteiger partial charge on any atom is 0.262 e. The van der Waals surface area contributed by atoms with E-state index in [2.05, 4.69) is 20.5 Å². The number of aliphatic imine (C=N–C) groups is 1. The van der Waals surface area contributed by atoms with E-state index in [1.165, 1.54) is 23.1 Å². The van der Waals surface area contributed by atoms with Gasteiger partial charge in [-0.3, -0.25) is 14.4 Å². The lowest BCUT2D eigenvalue weighted by molar-refractivity contribution is -0.121. The Kier molecular flexibility index (Phi) is 7.59. The molecule has 4 rings (SSSR count). The molecule has 2 aliphatic heterocycles. The van der Waals surface area contributed by atoms with Crippen molar-refractivity contribution in [1.29, 1.82) is 0 Å². The fourth-order valence-corrected chi connectivity index (χ4v) is 5.53. The number of anilines is 1. The van der Waals surface area contributed by atoms with Crippen LogP contribution < -0.4 is 10.6 Å². The zero-order valence-electron chi connectivity index (χ0n) is 17.7. The van der Waals surface area contributed by atoms with Gasteiger partial charge in [-0.05, 0) is 55.3 Å². The molecule has 168 valence electrons. The molecular formula is C23H26N4O3S2. The van der Waals surface area contributed by atoms with E-state index in [1.807, 2.05) is 17.5 Å². The maximum atomic E-state index is 12.5. The second kappa shape index (κ2) is 10.8. The molecule has 1 aromatic heterocycles. The van der Waals surface area contributed by atoms with Gasteiger partial charge in [0.05, 0.1) is 0 Å². The van der Waals surface area contributed by atoms with Crippen molar-refractivity contribution in [2.75, 3.05) is 25.0 Å². The summed E-state index contributed by atoms with van der Waals surface area (Å²) in [4.78, 5) is 44.8. The third kappa shape index (κ3) is 5.98. The molecule has 0 spiro atoms. The van der Waals surface area contributed by atoms with Gasteiger partial charge in [0.25, 0.3) is 11.8 Å². The fraction of sp³-hybridized carbons (Fsp3) is 0.391. The van der Waals surface area contributed by atoms with Crippen LogP contribution in [0.2, 0.25) is 0 Å². The number of amides is 3. The average molecular weight is 471 g/mol. The van der Waals surface area contributed by atoms with Crippen molar-refractivity contribution in [3.8, 4) is 0 Å². The first-order valence-corrected chi connectivity index (χ1v) is 12.6. The van der Waals surface area contributed by atoms with Crippen LogP contribution in [-0.2, 0) is 16.0 Å². The van der Waals surface area contributed by atoms with E-state index >= 15 is 0 Å². The lowest BCUT2D eigenvalue weighted by atomic mass is 10.1. The highest BCUT2D eigenvalue weighted by Gasteiger charge is 2.33. The van der Waals surface area contributed by atoms with Crippen LogP contribution in [0.15, 0.2) is 46.8 Å². The molecule has 0 radical (unpaired) electrons. The summed E-state index contributed by atoms with van der Waals surface area (Å²) in [6.07, 6.45) is 4.27. The van der Waals surface area contributed by atoms with Gasteiger partial charge in [-0.1, -0.05) is 23.9 Å². The number of nitrogens with zero attached hydrogens (tertiary/aromatic N) is 2. The highest BCUT2D eigenvalue weighted by molar-refractivity contribution is 8.15. The van der Waals surface area contributed by atoms with E-state index in [9.17, 15) is 14.4 Å². The predicted octanol–water partition coefficient (Wildman–Crippen LogP) is 3.53. The Labute approximate surface area is 195 Å². The smallest absolute Gasteiger partial charge is 0.262 e. The van der Waals surface area contributed by atoms with Gasteiger partial charge in [0, 0.05) is 42.2 Å². The summed E-state index contributed by atoms with van der Waals surface area (Å²) >= 11 is 3.05. The first kappa shape index (κ1) is 22.5. The molecule has 7 nitrogen and oxygen atoms in total. The van der Waals surface area contributed by atoms with Crippen molar-refractivity contribution in [1.82, 2.24) is 10.2 Å². The Bertz CT molecular complexity index is 1000. The first-order valence-electron chi connectivity index (χ1n) is 10.8. The zero-order chi connectivity index (χ0) is 22.3. The predicted molar refractivity (Wildman–Crippen MR) is 129 cm³/mol. The molecule has 9 heteroatoms. The largest absolute Gasteiger partial charge is 0.352 e. The number of benzene rings is 1. The van der Waals surface area contributed by atoms with Crippen LogP contribution >= 0.6 is 23.1 Å². The second-order valence-electron chi connectivity index (χ2n) is 7.81. The van der Waals surface area contributed by atoms with Gasteiger partial charge in [-0.2, -0.15) is 4.99 Å². The third-order valence-electron chi connectivity index (χ3n) is 5.37. The number of nitrogens with one attached hydrogen (secondary N) is 2. The molecule has 3 amide bonds. The number of likely N-dealkylation sites (tertiary alicyclic amines) is 1. The van der Waals surface area contributed by atoms with E-state index in [0.717, 1.165) is 37.5 Å². The van der Waals surface area contributed by atoms with Gasteiger partial charge in [-0.25, -0.2) is 0 Å². The number of hydrogen-bond acceptors (Lipinski definition) is 6. The number of rotatable bonds is 7. The first-order chi connectivity index (χ1) is 15.6. The number of carbonyl (C=O) groups excluding carboxylic acids is 3. The Morgan fingerprint density at radius 1 is 1.12 bits per heavy atom. The highest BCUT2D eigenvalue weighted by atomic mass is 32.2. The van der Waals surface area contributed by atoms with E-state index in [-0.39, 0.29) is 24.1 Å². The van der Waals surface area contributed by atoms with E-state index in [1.54, 1.807) is 35.6 Å². The van der Waals surface area contributed by atoms with Crippen molar-refractivity contribution in [2.45, 2.75) is 37.4 Å². The number of carbonyl (C=O) groups is 3. The number of thioether (sulfide) groups is 1. The van der Waals surface area contributed by atoms with Crippen LogP contribution in [0.1, 0.15) is 40.9 Å². The molecule has 2 aromatic rings. The van der Waals surface area contributed by atoms with Crippen molar-refractivity contribution in [2.24, 2.45) is 4.99 Å². The summed E-state index contributed by atoms with van der Waals surface area (Å²) in [6, 6.07) is 10.9.